The number of carbonyl (C=O) groups excluding carboxylic acids is 1. The maximum Gasteiger partial charge on any atom is 0.326 e. The van der Waals surface area contributed by atoms with E-state index in [0.717, 1.165) is 25.3 Å². The third-order valence-electron chi connectivity index (χ3n) is 5.85. The van der Waals surface area contributed by atoms with Crippen LogP contribution in [-0.4, -0.2) is 70.9 Å². The Labute approximate surface area is 196 Å². The fourth-order valence-corrected chi connectivity index (χ4v) is 4.55. The molecule has 0 fully saturated rings. The number of carboxylic acid groups (broad SMARTS) is 1. The van der Waals surface area contributed by atoms with Crippen LogP contribution in [-0.2, 0) is 22.6 Å². The standard InChI is InChI=1S/C23H37N3O3S2/c1-16(2)20(24-10-6-11-30)15-26-14-18-8-5-4-7-17(18)13-21(26)22(27)25-19(23(28)29)9-12-31-3/h4-5,7-8,16,19-21,24,30H,6,9-15H2,1-3H3,(H,25,27)(H,28,29). The van der Waals surface area contributed by atoms with E-state index in [0.29, 0.717) is 31.1 Å². The van der Waals surface area contributed by atoms with Gasteiger partial charge in [-0.05, 0) is 60.6 Å². The number of hydrogen-bond acceptors (Lipinski definition) is 6. The molecule has 0 spiro atoms. The summed E-state index contributed by atoms with van der Waals surface area (Å²) in [6.07, 6.45) is 3.95. The number of aliphatic carboxylic acids is 1. The van der Waals surface area contributed by atoms with Gasteiger partial charge in [0.1, 0.15) is 6.04 Å². The van der Waals surface area contributed by atoms with Gasteiger partial charge in [0, 0.05) is 19.1 Å². The average molecular weight is 468 g/mol. The Kier molecular flexibility index (Phi) is 11.2. The van der Waals surface area contributed by atoms with Crippen molar-refractivity contribution in [1.82, 2.24) is 15.5 Å². The van der Waals surface area contributed by atoms with Crippen LogP contribution in [0.2, 0.25) is 0 Å². The maximum absolute atomic E-state index is 13.3. The smallest absolute Gasteiger partial charge is 0.326 e. The van der Waals surface area contributed by atoms with Crippen LogP contribution in [0.5, 0.6) is 0 Å². The van der Waals surface area contributed by atoms with Crippen molar-refractivity contribution in [3.8, 4) is 0 Å². The molecule has 0 aromatic heterocycles. The molecule has 0 radical (unpaired) electrons. The van der Waals surface area contributed by atoms with Crippen LogP contribution >= 0.6 is 24.4 Å². The summed E-state index contributed by atoms with van der Waals surface area (Å²) in [6.45, 7) is 6.69. The number of thiol groups is 1. The molecule has 0 aliphatic carbocycles. The summed E-state index contributed by atoms with van der Waals surface area (Å²) in [5.41, 5.74) is 2.40. The fourth-order valence-electron chi connectivity index (χ4n) is 3.92. The third kappa shape index (κ3) is 8.00. The van der Waals surface area contributed by atoms with Crippen molar-refractivity contribution in [1.29, 1.82) is 0 Å². The molecular formula is C23H37N3O3S2. The van der Waals surface area contributed by atoms with Gasteiger partial charge in [-0.3, -0.25) is 9.69 Å². The van der Waals surface area contributed by atoms with Crippen molar-refractivity contribution in [2.45, 2.75) is 57.8 Å². The van der Waals surface area contributed by atoms with E-state index in [-0.39, 0.29) is 18.0 Å². The van der Waals surface area contributed by atoms with Gasteiger partial charge in [-0.15, -0.1) is 0 Å². The maximum atomic E-state index is 13.3. The van der Waals surface area contributed by atoms with Crippen molar-refractivity contribution in [2.75, 3.05) is 30.9 Å². The van der Waals surface area contributed by atoms with Gasteiger partial charge in [0.05, 0.1) is 6.04 Å². The average Bonchev–Trinajstić information content (AvgIpc) is 2.75. The number of benzene rings is 1. The van der Waals surface area contributed by atoms with Crippen LogP contribution in [0.1, 0.15) is 37.8 Å². The van der Waals surface area contributed by atoms with Crippen molar-refractivity contribution in [3.05, 3.63) is 35.4 Å². The number of fused-ring (bicyclic) bond motifs is 1. The summed E-state index contributed by atoms with van der Waals surface area (Å²) in [6, 6.07) is 7.23. The van der Waals surface area contributed by atoms with Crippen molar-refractivity contribution < 1.29 is 14.7 Å². The highest BCUT2D eigenvalue weighted by molar-refractivity contribution is 7.98. The summed E-state index contributed by atoms with van der Waals surface area (Å²) < 4.78 is 0. The number of rotatable bonds is 13. The minimum Gasteiger partial charge on any atom is -0.480 e. The number of hydrogen-bond donors (Lipinski definition) is 4. The van der Waals surface area contributed by atoms with Gasteiger partial charge in [0.15, 0.2) is 0 Å². The van der Waals surface area contributed by atoms with Crippen LogP contribution in [0.4, 0.5) is 0 Å². The highest BCUT2D eigenvalue weighted by atomic mass is 32.2. The molecule has 0 saturated carbocycles. The molecule has 174 valence electrons. The first-order chi connectivity index (χ1) is 14.9. The van der Waals surface area contributed by atoms with Gasteiger partial charge in [-0.2, -0.15) is 24.4 Å². The summed E-state index contributed by atoms with van der Waals surface area (Å²) in [4.78, 5) is 27.1. The van der Waals surface area contributed by atoms with E-state index in [1.54, 1.807) is 11.8 Å². The lowest BCUT2D eigenvalue weighted by molar-refractivity contribution is -0.143. The van der Waals surface area contributed by atoms with Crippen LogP contribution in [0, 0.1) is 5.92 Å². The van der Waals surface area contributed by atoms with E-state index in [1.807, 2.05) is 18.4 Å². The number of thioether (sulfide) groups is 1. The zero-order chi connectivity index (χ0) is 22.8. The highest BCUT2D eigenvalue weighted by Crippen LogP contribution is 2.24. The van der Waals surface area contributed by atoms with Crippen LogP contribution in [0.25, 0.3) is 0 Å². The van der Waals surface area contributed by atoms with E-state index in [1.165, 1.54) is 11.1 Å². The third-order valence-corrected chi connectivity index (χ3v) is 6.81. The molecule has 8 heteroatoms. The lowest BCUT2D eigenvalue weighted by Crippen LogP contribution is -2.57. The summed E-state index contributed by atoms with van der Waals surface area (Å²) in [7, 11) is 0. The summed E-state index contributed by atoms with van der Waals surface area (Å²) >= 11 is 5.88. The number of nitrogens with one attached hydrogen (secondary N) is 2. The Hall–Kier alpha value is -1.22. The SMILES string of the molecule is CSCCC(NC(=O)C1Cc2ccccc2CN1CC(NCCCS)C(C)C)C(=O)O. The van der Waals surface area contributed by atoms with E-state index in [4.69, 9.17) is 0 Å². The Morgan fingerprint density at radius 2 is 2.00 bits per heavy atom. The van der Waals surface area contributed by atoms with Crippen molar-refractivity contribution >= 4 is 36.3 Å². The molecule has 1 aliphatic rings. The van der Waals surface area contributed by atoms with Gasteiger partial charge in [-0.25, -0.2) is 4.79 Å². The Morgan fingerprint density at radius 3 is 2.61 bits per heavy atom. The predicted octanol–water partition coefficient (Wildman–Crippen LogP) is 2.67. The molecule has 0 saturated heterocycles. The number of nitrogens with zero attached hydrogens (tertiary/aromatic N) is 1. The first kappa shape index (κ1) is 26.0. The zero-order valence-corrected chi connectivity index (χ0v) is 20.6. The van der Waals surface area contributed by atoms with E-state index >= 15 is 0 Å². The van der Waals surface area contributed by atoms with Gasteiger partial charge in [-0.1, -0.05) is 38.1 Å². The van der Waals surface area contributed by atoms with Crippen LogP contribution in [0.15, 0.2) is 24.3 Å². The molecule has 6 nitrogen and oxygen atoms in total. The second-order valence-corrected chi connectivity index (χ2v) is 9.91. The molecule has 1 amide bonds. The molecular weight excluding hydrogens is 430 g/mol. The topological polar surface area (TPSA) is 81.7 Å². The number of carboxylic acids is 1. The van der Waals surface area contributed by atoms with Gasteiger partial charge < -0.3 is 15.7 Å². The zero-order valence-electron chi connectivity index (χ0n) is 18.8. The molecule has 3 N–H and O–H groups in total. The quantitative estimate of drug-likeness (QED) is 0.264. The lowest BCUT2D eigenvalue weighted by Gasteiger charge is -2.39. The lowest BCUT2D eigenvalue weighted by atomic mass is 9.91. The fraction of sp³-hybridized carbons (Fsp3) is 0.652. The largest absolute Gasteiger partial charge is 0.480 e. The van der Waals surface area contributed by atoms with Crippen molar-refractivity contribution in [3.63, 3.8) is 0 Å². The van der Waals surface area contributed by atoms with Gasteiger partial charge in [0.2, 0.25) is 5.91 Å². The molecule has 3 atom stereocenters. The summed E-state index contributed by atoms with van der Waals surface area (Å²) in [5, 5.41) is 16.0. The Bertz CT molecular complexity index is 717. The van der Waals surface area contributed by atoms with Gasteiger partial charge in [0.25, 0.3) is 0 Å². The Morgan fingerprint density at radius 1 is 1.29 bits per heavy atom. The Balaban J connectivity index is 2.19. The predicted molar refractivity (Wildman–Crippen MR) is 132 cm³/mol. The number of amides is 1. The molecule has 0 bridgehead atoms. The normalized spacial score (nSPS) is 18.4. The summed E-state index contributed by atoms with van der Waals surface area (Å²) in [5.74, 6) is 0.777. The monoisotopic (exact) mass is 467 g/mol. The minimum atomic E-state index is -0.973. The van der Waals surface area contributed by atoms with Crippen LogP contribution in [0.3, 0.4) is 0 Å². The molecule has 1 aliphatic heterocycles. The highest BCUT2D eigenvalue weighted by Gasteiger charge is 2.35. The van der Waals surface area contributed by atoms with Crippen molar-refractivity contribution in [2.24, 2.45) is 5.92 Å². The van der Waals surface area contributed by atoms with Gasteiger partial charge >= 0.3 is 5.97 Å². The molecule has 3 unspecified atom stereocenters. The van der Waals surface area contributed by atoms with E-state index in [2.05, 4.69) is 54.1 Å². The van der Waals surface area contributed by atoms with E-state index in [9.17, 15) is 14.7 Å². The second kappa shape index (κ2) is 13.4. The number of carbonyl (C=O) groups is 2. The molecule has 31 heavy (non-hydrogen) atoms. The van der Waals surface area contributed by atoms with Crippen LogP contribution < -0.4 is 10.6 Å². The van der Waals surface area contributed by atoms with E-state index < -0.39 is 12.0 Å². The first-order valence-electron chi connectivity index (χ1n) is 11.0. The molecule has 1 aromatic rings. The first-order valence-corrected chi connectivity index (χ1v) is 13.1. The molecule has 1 aromatic carbocycles. The second-order valence-electron chi connectivity index (χ2n) is 8.48. The minimum absolute atomic E-state index is 0.194. The molecule has 2 rings (SSSR count). The molecule has 1 heterocycles.